The van der Waals surface area contributed by atoms with Gasteiger partial charge in [0.1, 0.15) is 11.6 Å². The molecule has 3 rings (SSSR count). The lowest BCUT2D eigenvalue weighted by atomic mass is 10.1. The van der Waals surface area contributed by atoms with E-state index in [0.717, 1.165) is 38.1 Å². The van der Waals surface area contributed by atoms with Crippen LogP contribution in [0, 0.1) is 5.82 Å². The van der Waals surface area contributed by atoms with Gasteiger partial charge in [-0.3, -0.25) is 9.69 Å². The number of hydrogen-bond donors (Lipinski definition) is 0. The van der Waals surface area contributed by atoms with Crippen molar-refractivity contribution in [1.29, 1.82) is 0 Å². The third-order valence-electron chi connectivity index (χ3n) is 6.39. The molecule has 2 aromatic carbocycles. The van der Waals surface area contributed by atoms with Gasteiger partial charge in [0.2, 0.25) is 0 Å². The Morgan fingerprint density at radius 2 is 1.91 bits per heavy atom. The van der Waals surface area contributed by atoms with Crippen molar-refractivity contribution in [3.8, 4) is 5.75 Å². The van der Waals surface area contributed by atoms with Crippen molar-refractivity contribution in [2.24, 2.45) is 0 Å². The largest absolute Gasteiger partial charge is 0.494 e. The van der Waals surface area contributed by atoms with E-state index in [-0.39, 0.29) is 11.7 Å². The lowest BCUT2D eigenvalue weighted by molar-refractivity contribution is 0.0993. The number of carbonyl (C=O) groups is 1. The predicted octanol–water partition coefficient (Wildman–Crippen LogP) is 5.20. The van der Waals surface area contributed by atoms with Crippen LogP contribution in [0.15, 0.2) is 42.5 Å². The molecule has 1 atom stereocenters. The highest BCUT2D eigenvalue weighted by molar-refractivity contribution is 6.05. The van der Waals surface area contributed by atoms with Gasteiger partial charge < -0.3 is 14.5 Å². The van der Waals surface area contributed by atoms with Gasteiger partial charge in [-0.05, 0) is 76.2 Å². The maximum Gasteiger partial charge on any atom is 0.258 e. The maximum absolute atomic E-state index is 15.0. The number of benzene rings is 2. The summed E-state index contributed by atoms with van der Waals surface area (Å²) in [5, 5.41) is 0. The summed E-state index contributed by atoms with van der Waals surface area (Å²) in [7, 11) is 3.80. The number of amides is 1. The van der Waals surface area contributed by atoms with Crippen molar-refractivity contribution in [1.82, 2.24) is 4.90 Å². The molecule has 0 saturated carbocycles. The van der Waals surface area contributed by atoms with Crippen molar-refractivity contribution in [3.05, 3.63) is 53.8 Å². The average Bonchev–Trinajstić information content (AvgIpc) is 3.28. The second kappa shape index (κ2) is 10.8. The molecule has 0 N–H and O–H groups in total. The number of anilines is 2. The molecule has 1 unspecified atom stereocenters. The molecule has 2 aromatic rings. The Morgan fingerprint density at radius 1 is 1.19 bits per heavy atom. The molecule has 1 aliphatic rings. The molecule has 0 aromatic heterocycles. The van der Waals surface area contributed by atoms with Crippen LogP contribution in [-0.4, -0.2) is 56.7 Å². The quantitative estimate of drug-likeness (QED) is 0.501. The Labute approximate surface area is 191 Å². The minimum Gasteiger partial charge on any atom is -0.494 e. The van der Waals surface area contributed by atoms with Crippen LogP contribution in [0.3, 0.4) is 0 Å². The normalized spacial score (nSPS) is 16.1. The van der Waals surface area contributed by atoms with E-state index in [4.69, 9.17) is 4.74 Å². The summed E-state index contributed by atoms with van der Waals surface area (Å²) in [6.45, 7) is 8.78. The Morgan fingerprint density at radius 3 is 2.53 bits per heavy atom. The first kappa shape index (κ1) is 24.1. The number of carbonyl (C=O) groups excluding carboxylic acids is 1. The third kappa shape index (κ3) is 5.60. The summed E-state index contributed by atoms with van der Waals surface area (Å²) >= 11 is 0. The van der Waals surface area contributed by atoms with Crippen LogP contribution in [0.2, 0.25) is 0 Å². The number of unbranched alkanes of at least 4 members (excludes halogenated alkanes) is 1. The van der Waals surface area contributed by atoms with Gasteiger partial charge in [0.25, 0.3) is 5.91 Å². The summed E-state index contributed by atoms with van der Waals surface area (Å²) < 4.78 is 20.7. The third-order valence-corrected chi connectivity index (χ3v) is 6.39. The smallest absolute Gasteiger partial charge is 0.258 e. The van der Waals surface area contributed by atoms with Gasteiger partial charge in [-0.1, -0.05) is 13.3 Å². The lowest BCUT2D eigenvalue weighted by Crippen LogP contribution is -2.39. The standard InChI is InChI=1S/C26H36FN3O2/c1-6-7-16-32-23-11-8-20(9-12-23)26(31)29(5)21-10-13-25(24(27)17-21)30-15-14-22(18-30)28(4)19(2)3/h8-13,17,19,22H,6-7,14-16,18H2,1-5H3. The molecule has 1 aliphatic heterocycles. The molecule has 0 spiro atoms. The summed E-state index contributed by atoms with van der Waals surface area (Å²) in [6, 6.07) is 13.1. The van der Waals surface area contributed by atoms with Crippen LogP contribution in [0.25, 0.3) is 0 Å². The van der Waals surface area contributed by atoms with Crippen LogP contribution in [-0.2, 0) is 0 Å². The molecule has 1 fully saturated rings. The summed E-state index contributed by atoms with van der Waals surface area (Å²) in [5.74, 6) is 0.270. The maximum atomic E-state index is 15.0. The molecule has 32 heavy (non-hydrogen) atoms. The molecule has 1 amide bonds. The van der Waals surface area contributed by atoms with Crippen LogP contribution >= 0.6 is 0 Å². The second-order valence-corrected chi connectivity index (χ2v) is 8.87. The number of nitrogens with zero attached hydrogens (tertiary/aromatic N) is 3. The van der Waals surface area contributed by atoms with Crippen molar-refractivity contribution in [3.63, 3.8) is 0 Å². The molecule has 0 radical (unpaired) electrons. The van der Waals surface area contributed by atoms with Crippen LogP contribution < -0.4 is 14.5 Å². The van der Waals surface area contributed by atoms with Gasteiger partial charge in [0.15, 0.2) is 0 Å². The van der Waals surface area contributed by atoms with E-state index < -0.39 is 0 Å². The zero-order valence-electron chi connectivity index (χ0n) is 20.0. The van der Waals surface area contributed by atoms with Crippen molar-refractivity contribution in [2.75, 3.05) is 43.6 Å². The summed E-state index contributed by atoms with van der Waals surface area (Å²) in [5.41, 5.74) is 1.68. The Kier molecular flexibility index (Phi) is 8.13. The van der Waals surface area contributed by atoms with Gasteiger partial charge in [-0.15, -0.1) is 0 Å². The van der Waals surface area contributed by atoms with E-state index in [1.807, 2.05) is 6.07 Å². The molecule has 0 bridgehead atoms. The number of ether oxygens (including phenoxy) is 1. The highest BCUT2D eigenvalue weighted by Gasteiger charge is 2.28. The van der Waals surface area contributed by atoms with Gasteiger partial charge >= 0.3 is 0 Å². The van der Waals surface area contributed by atoms with E-state index in [9.17, 15) is 4.79 Å². The summed E-state index contributed by atoms with van der Waals surface area (Å²) in [6.07, 6.45) is 3.09. The number of hydrogen-bond acceptors (Lipinski definition) is 4. The number of halogens is 1. The zero-order chi connectivity index (χ0) is 23.3. The van der Waals surface area contributed by atoms with Crippen molar-refractivity contribution >= 4 is 17.3 Å². The fourth-order valence-electron chi connectivity index (χ4n) is 4.01. The molecule has 6 heteroatoms. The molecular formula is C26H36FN3O2. The Hall–Kier alpha value is -2.60. The Bertz CT molecular complexity index is 900. The van der Waals surface area contributed by atoms with E-state index in [1.165, 1.54) is 11.0 Å². The van der Waals surface area contributed by atoms with Gasteiger partial charge in [0, 0.05) is 43.5 Å². The highest BCUT2D eigenvalue weighted by atomic mass is 19.1. The predicted molar refractivity (Wildman–Crippen MR) is 129 cm³/mol. The van der Waals surface area contributed by atoms with Crippen molar-refractivity contribution < 1.29 is 13.9 Å². The lowest BCUT2D eigenvalue weighted by Gasteiger charge is -2.28. The highest BCUT2D eigenvalue weighted by Crippen LogP contribution is 2.29. The van der Waals surface area contributed by atoms with E-state index in [2.05, 4.69) is 37.6 Å². The number of likely N-dealkylation sites (N-methyl/N-ethyl adjacent to an activating group) is 1. The van der Waals surface area contributed by atoms with E-state index in [1.54, 1.807) is 37.4 Å². The van der Waals surface area contributed by atoms with Crippen LogP contribution in [0.4, 0.5) is 15.8 Å². The SMILES string of the molecule is CCCCOc1ccc(C(=O)N(C)c2ccc(N3CCC(N(C)C(C)C)C3)c(F)c2)cc1. The van der Waals surface area contributed by atoms with Gasteiger partial charge in [0.05, 0.1) is 12.3 Å². The first-order chi connectivity index (χ1) is 15.3. The monoisotopic (exact) mass is 441 g/mol. The minimum atomic E-state index is -0.297. The first-order valence-corrected chi connectivity index (χ1v) is 11.6. The van der Waals surface area contributed by atoms with Crippen LogP contribution in [0.5, 0.6) is 5.75 Å². The molecule has 1 heterocycles. The molecule has 0 aliphatic carbocycles. The topological polar surface area (TPSA) is 36.0 Å². The first-order valence-electron chi connectivity index (χ1n) is 11.6. The minimum absolute atomic E-state index is 0.183. The molecule has 5 nitrogen and oxygen atoms in total. The molecular weight excluding hydrogens is 405 g/mol. The van der Waals surface area contributed by atoms with Gasteiger partial charge in [-0.25, -0.2) is 4.39 Å². The zero-order valence-corrected chi connectivity index (χ0v) is 20.0. The van der Waals surface area contributed by atoms with E-state index >= 15 is 4.39 Å². The van der Waals surface area contributed by atoms with Gasteiger partial charge in [-0.2, -0.15) is 0 Å². The molecule has 174 valence electrons. The van der Waals surface area contributed by atoms with Crippen LogP contribution in [0.1, 0.15) is 50.4 Å². The second-order valence-electron chi connectivity index (χ2n) is 8.87. The fraction of sp³-hybridized carbons (Fsp3) is 0.500. The van der Waals surface area contributed by atoms with E-state index in [0.29, 0.717) is 35.6 Å². The summed E-state index contributed by atoms with van der Waals surface area (Å²) in [4.78, 5) is 18.8. The fourth-order valence-corrected chi connectivity index (χ4v) is 4.01. The Balaban J connectivity index is 1.66. The number of rotatable bonds is 9. The molecule has 1 saturated heterocycles. The van der Waals surface area contributed by atoms with Crippen molar-refractivity contribution in [2.45, 2.75) is 52.1 Å². The average molecular weight is 442 g/mol.